The first kappa shape index (κ1) is 17.1. The Hall–Kier alpha value is -3.35. The SMILES string of the molecule is COc1cc2nc(C)nc(NC(C)c3cc(C)cc4[nH]ncc34)c2cc1O. The van der Waals surface area contributed by atoms with Crippen LogP contribution in [0.3, 0.4) is 0 Å². The van der Waals surface area contributed by atoms with E-state index in [2.05, 4.69) is 51.5 Å². The summed E-state index contributed by atoms with van der Waals surface area (Å²) < 4.78 is 5.19. The Kier molecular flexibility index (Phi) is 4.07. The number of fused-ring (bicyclic) bond motifs is 2. The molecule has 7 heteroatoms. The van der Waals surface area contributed by atoms with Crippen LogP contribution in [0.2, 0.25) is 0 Å². The van der Waals surface area contributed by atoms with Crippen LogP contribution in [0.1, 0.15) is 29.9 Å². The Balaban J connectivity index is 1.80. The molecule has 0 bridgehead atoms. The van der Waals surface area contributed by atoms with Gasteiger partial charge in [0.1, 0.15) is 11.6 Å². The number of phenols is 1. The summed E-state index contributed by atoms with van der Waals surface area (Å²) in [6, 6.07) is 7.55. The van der Waals surface area contributed by atoms with Crippen LogP contribution in [0.5, 0.6) is 11.5 Å². The van der Waals surface area contributed by atoms with Gasteiger partial charge in [-0.2, -0.15) is 5.10 Å². The van der Waals surface area contributed by atoms with Crippen LogP contribution < -0.4 is 10.1 Å². The zero-order valence-electron chi connectivity index (χ0n) is 15.7. The van der Waals surface area contributed by atoms with E-state index in [1.807, 2.05) is 13.1 Å². The minimum absolute atomic E-state index is 0.0215. The molecule has 4 rings (SSSR count). The Morgan fingerprint density at radius 3 is 2.70 bits per heavy atom. The number of aromatic nitrogens is 4. The number of nitrogens with zero attached hydrogens (tertiary/aromatic N) is 3. The first-order valence-electron chi connectivity index (χ1n) is 8.71. The summed E-state index contributed by atoms with van der Waals surface area (Å²) in [6.07, 6.45) is 1.84. The quantitative estimate of drug-likeness (QED) is 0.507. The maximum absolute atomic E-state index is 10.2. The molecule has 0 radical (unpaired) electrons. The summed E-state index contributed by atoms with van der Waals surface area (Å²) in [4.78, 5) is 9.02. The fourth-order valence-electron chi connectivity index (χ4n) is 3.40. The highest BCUT2D eigenvalue weighted by atomic mass is 16.5. The van der Waals surface area contributed by atoms with E-state index in [1.54, 1.807) is 12.1 Å². The molecular weight excluding hydrogens is 342 g/mol. The van der Waals surface area contributed by atoms with Crippen LogP contribution in [0.4, 0.5) is 5.82 Å². The van der Waals surface area contributed by atoms with Crippen molar-refractivity contribution in [2.45, 2.75) is 26.8 Å². The molecule has 2 aromatic carbocycles. The van der Waals surface area contributed by atoms with E-state index < -0.39 is 0 Å². The monoisotopic (exact) mass is 363 g/mol. The second-order valence-electron chi connectivity index (χ2n) is 6.71. The highest BCUT2D eigenvalue weighted by molar-refractivity contribution is 5.92. The Labute approximate surface area is 156 Å². The highest BCUT2D eigenvalue weighted by Crippen LogP contribution is 2.35. The maximum Gasteiger partial charge on any atom is 0.162 e. The van der Waals surface area contributed by atoms with Gasteiger partial charge in [0.2, 0.25) is 0 Å². The van der Waals surface area contributed by atoms with Crippen LogP contribution in [0.25, 0.3) is 21.8 Å². The third-order valence-corrected chi connectivity index (χ3v) is 4.66. The van der Waals surface area contributed by atoms with Gasteiger partial charge in [0, 0.05) is 16.8 Å². The lowest BCUT2D eigenvalue weighted by Crippen LogP contribution is -2.10. The number of hydrogen-bond acceptors (Lipinski definition) is 6. The number of rotatable bonds is 4. The van der Waals surface area contributed by atoms with Gasteiger partial charge in [-0.25, -0.2) is 9.97 Å². The minimum Gasteiger partial charge on any atom is -0.504 e. The molecule has 7 nitrogen and oxygen atoms in total. The summed E-state index contributed by atoms with van der Waals surface area (Å²) in [6.45, 7) is 5.98. The number of methoxy groups -OCH3 is 1. The highest BCUT2D eigenvalue weighted by Gasteiger charge is 2.16. The lowest BCUT2D eigenvalue weighted by Gasteiger charge is -2.18. The van der Waals surface area contributed by atoms with Crippen molar-refractivity contribution in [3.05, 3.63) is 47.4 Å². The topological polar surface area (TPSA) is 96.0 Å². The van der Waals surface area contributed by atoms with Gasteiger partial charge in [0.25, 0.3) is 0 Å². The summed E-state index contributed by atoms with van der Waals surface area (Å²) in [5.74, 6) is 1.75. The Morgan fingerprint density at radius 2 is 1.93 bits per heavy atom. The second kappa shape index (κ2) is 6.42. The predicted molar refractivity (Wildman–Crippen MR) is 105 cm³/mol. The van der Waals surface area contributed by atoms with Gasteiger partial charge in [-0.05, 0) is 44.0 Å². The molecule has 2 aromatic heterocycles. The fraction of sp³-hybridized carbons (Fsp3) is 0.250. The molecule has 27 heavy (non-hydrogen) atoms. The largest absolute Gasteiger partial charge is 0.504 e. The number of anilines is 1. The van der Waals surface area contributed by atoms with E-state index in [4.69, 9.17) is 4.74 Å². The standard InChI is InChI=1S/C20H21N5O2/c1-10-5-13(15-9-21-25-17(15)6-10)11(2)22-20-14-7-18(26)19(27-4)8-16(14)23-12(3)24-20/h5-9,11,26H,1-4H3,(H,21,25)(H,22,23,24). The average Bonchev–Trinajstić information content (AvgIpc) is 3.09. The molecule has 138 valence electrons. The molecule has 0 spiro atoms. The van der Waals surface area contributed by atoms with E-state index in [1.165, 1.54) is 7.11 Å². The van der Waals surface area contributed by atoms with Gasteiger partial charge in [-0.15, -0.1) is 0 Å². The normalized spacial score (nSPS) is 12.4. The lowest BCUT2D eigenvalue weighted by atomic mass is 10.0. The van der Waals surface area contributed by atoms with E-state index in [0.717, 1.165) is 27.4 Å². The number of nitrogens with one attached hydrogen (secondary N) is 2. The number of aromatic hydroxyl groups is 1. The fourth-order valence-corrected chi connectivity index (χ4v) is 3.40. The summed E-state index contributed by atoms with van der Waals surface area (Å²) >= 11 is 0. The van der Waals surface area contributed by atoms with Crippen molar-refractivity contribution in [3.8, 4) is 11.5 Å². The van der Waals surface area contributed by atoms with Crippen molar-refractivity contribution >= 4 is 27.6 Å². The zero-order valence-corrected chi connectivity index (χ0v) is 15.7. The van der Waals surface area contributed by atoms with Crippen LogP contribution >= 0.6 is 0 Å². The molecule has 0 amide bonds. The maximum atomic E-state index is 10.2. The van der Waals surface area contributed by atoms with Gasteiger partial charge in [0.15, 0.2) is 11.5 Å². The van der Waals surface area contributed by atoms with Gasteiger partial charge in [-0.1, -0.05) is 6.07 Å². The number of aromatic amines is 1. The third-order valence-electron chi connectivity index (χ3n) is 4.66. The molecule has 0 aliphatic heterocycles. The van der Waals surface area contributed by atoms with Crippen LogP contribution in [0, 0.1) is 13.8 Å². The van der Waals surface area contributed by atoms with Gasteiger partial charge < -0.3 is 15.2 Å². The van der Waals surface area contributed by atoms with E-state index in [9.17, 15) is 5.11 Å². The number of hydrogen-bond donors (Lipinski definition) is 3. The van der Waals surface area contributed by atoms with Crippen molar-refractivity contribution in [1.82, 2.24) is 20.2 Å². The molecule has 2 heterocycles. The molecule has 0 fully saturated rings. The molecular formula is C20H21N5O2. The molecule has 4 aromatic rings. The van der Waals surface area contributed by atoms with Crippen molar-refractivity contribution < 1.29 is 9.84 Å². The molecule has 0 saturated carbocycles. The first-order chi connectivity index (χ1) is 13.0. The zero-order chi connectivity index (χ0) is 19.1. The van der Waals surface area contributed by atoms with Crippen molar-refractivity contribution in [2.75, 3.05) is 12.4 Å². The van der Waals surface area contributed by atoms with Crippen molar-refractivity contribution in [3.63, 3.8) is 0 Å². The molecule has 0 saturated heterocycles. The number of benzene rings is 2. The summed E-state index contributed by atoms with van der Waals surface area (Å²) in [5.41, 5.74) is 4.00. The van der Waals surface area contributed by atoms with E-state index >= 15 is 0 Å². The predicted octanol–water partition coefficient (Wildman–Crippen LogP) is 4.01. The Morgan fingerprint density at radius 1 is 1.11 bits per heavy atom. The number of ether oxygens (including phenoxy) is 1. The third kappa shape index (κ3) is 3.01. The molecule has 0 aliphatic rings. The smallest absolute Gasteiger partial charge is 0.162 e. The summed E-state index contributed by atoms with van der Waals surface area (Å²) in [5, 5.41) is 22.7. The molecule has 0 aliphatic carbocycles. The van der Waals surface area contributed by atoms with Gasteiger partial charge >= 0.3 is 0 Å². The molecule has 1 atom stereocenters. The average molecular weight is 363 g/mol. The number of phenolic OH excluding ortho intramolecular Hbond substituents is 1. The van der Waals surface area contributed by atoms with Crippen LogP contribution in [0.15, 0.2) is 30.5 Å². The minimum atomic E-state index is -0.0215. The van der Waals surface area contributed by atoms with Gasteiger partial charge in [0.05, 0.1) is 30.4 Å². The molecule has 3 N–H and O–H groups in total. The number of H-pyrrole nitrogens is 1. The van der Waals surface area contributed by atoms with E-state index in [-0.39, 0.29) is 11.8 Å². The van der Waals surface area contributed by atoms with Crippen LogP contribution in [-0.2, 0) is 0 Å². The van der Waals surface area contributed by atoms with Crippen molar-refractivity contribution in [1.29, 1.82) is 0 Å². The van der Waals surface area contributed by atoms with Gasteiger partial charge in [-0.3, -0.25) is 5.10 Å². The molecule has 1 unspecified atom stereocenters. The van der Waals surface area contributed by atoms with Crippen LogP contribution in [-0.4, -0.2) is 32.4 Å². The van der Waals surface area contributed by atoms with Crippen molar-refractivity contribution in [2.24, 2.45) is 0 Å². The van der Waals surface area contributed by atoms with E-state index in [0.29, 0.717) is 22.9 Å². The number of aryl methyl sites for hydroxylation is 2. The second-order valence-corrected chi connectivity index (χ2v) is 6.71. The summed E-state index contributed by atoms with van der Waals surface area (Å²) in [7, 11) is 1.52. The first-order valence-corrected chi connectivity index (χ1v) is 8.71. The Bertz CT molecular complexity index is 1150. The lowest BCUT2D eigenvalue weighted by molar-refractivity contribution is 0.374.